The normalized spacial score (nSPS) is 12.5. The van der Waals surface area contributed by atoms with Crippen molar-refractivity contribution in [1.82, 2.24) is 5.32 Å². The van der Waals surface area contributed by atoms with Crippen LogP contribution in [-0.4, -0.2) is 61.1 Å². The third kappa shape index (κ3) is 20.3. The molecule has 0 saturated heterocycles. The molecule has 0 aromatic rings. The smallest absolute Gasteiger partial charge is 0.353 e. The number of carbonyl (C=O) groups excluding carboxylic acids is 1. The van der Waals surface area contributed by atoms with E-state index in [0.29, 0.717) is 6.42 Å². The van der Waals surface area contributed by atoms with Crippen LogP contribution in [0.1, 0.15) is 78.1 Å². The van der Waals surface area contributed by atoms with Crippen LogP contribution in [0.3, 0.4) is 0 Å². The van der Waals surface area contributed by atoms with Crippen LogP contribution >= 0.6 is 0 Å². The van der Waals surface area contributed by atoms with Crippen molar-refractivity contribution >= 4 is 45.9 Å². The molecule has 0 aliphatic carbocycles. The Morgan fingerprint density at radius 3 is 2.00 bits per heavy atom. The van der Waals surface area contributed by atoms with E-state index >= 15 is 0 Å². The number of hydrogen-bond donors (Lipinski definition) is 2. The molecule has 0 rings (SSSR count). The van der Waals surface area contributed by atoms with E-state index in [9.17, 15) is 13.2 Å². The first-order valence-corrected chi connectivity index (χ1v) is 9.64. The molecule has 1 radical (unpaired) electrons. The molecule has 0 aliphatic heterocycles. The summed E-state index contributed by atoms with van der Waals surface area (Å²) < 4.78 is 33.7. The minimum atomic E-state index is -4.46. The standard InChI is InChI=1S/C15H31NO5S.Na/c1-3-4-5-6-7-8-9-10-11-12-15(17)16-13-14(2)21-22(18,19)20;/h14H,3-13H2,1-2H3,(H,16,17)(H,18,19,20);. The van der Waals surface area contributed by atoms with E-state index in [0.717, 1.165) is 19.3 Å². The Morgan fingerprint density at radius 1 is 1.04 bits per heavy atom. The Bertz CT molecular complexity index is 389. The SMILES string of the molecule is CCCCCCCCCCCC(=O)NCC(C)OS(=O)(=O)O.[Na]. The molecule has 0 aromatic carbocycles. The molecule has 0 heterocycles. The van der Waals surface area contributed by atoms with E-state index in [1.54, 1.807) is 0 Å². The van der Waals surface area contributed by atoms with Crippen LogP contribution in [-0.2, 0) is 19.4 Å². The van der Waals surface area contributed by atoms with Crippen LogP contribution in [0.4, 0.5) is 0 Å². The van der Waals surface area contributed by atoms with Gasteiger partial charge in [0.2, 0.25) is 5.91 Å². The molecule has 2 N–H and O–H groups in total. The number of rotatable bonds is 14. The summed E-state index contributed by atoms with van der Waals surface area (Å²) in [5.41, 5.74) is 0. The molecular weight excluding hydrogens is 329 g/mol. The third-order valence-electron chi connectivity index (χ3n) is 3.38. The quantitative estimate of drug-likeness (QED) is 0.282. The second-order valence-electron chi connectivity index (χ2n) is 5.72. The molecule has 0 spiro atoms. The first kappa shape index (κ1) is 25.6. The van der Waals surface area contributed by atoms with Crippen LogP contribution in [0.25, 0.3) is 0 Å². The van der Waals surface area contributed by atoms with Gasteiger partial charge in [0.25, 0.3) is 0 Å². The summed E-state index contributed by atoms with van der Waals surface area (Å²) in [6.45, 7) is 3.74. The maximum absolute atomic E-state index is 11.5. The molecule has 0 saturated carbocycles. The molecule has 0 fully saturated rings. The fourth-order valence-electron chi connectivity index (χ4n) is 2.18. The van der Waals surface area contributed by atoms with Crippen molar-refractivity contribution in [2.75, 3.05) is 6.54 Å². The molecule has 8 heteroatoms. The summed E-state index contributed by atoms with van der Waals surface area (Å²) in [5.74, 6) is -0.117. The first-order chi connectivity index (χ1) is 10.3. The van der Waals surface area contributed by atoms with E-state index in [4.69, 9.17) is 4.55 Å². The van der Waals surface area contributed by atoms with E-state index in [-0.39, 0.29) is 42.0 Å². The average Bonchev–Trinajstić information content (AvgIpc) is 2.41. The zero-order valence-corrected chi connectivity index (χ0v) is 17.7. The number of nitrogens with one attached hydrogen (secondary N) is 1. The largest absolute Gasteiger partial charge is 0.397 e. The Morgan fingerprint density at radius 2 is 1.52 bits per heavy atom. The molecule has 6 nitrogen and oxygen atoms in total. The van der Waals surface area contributed by atoms with Crippen molar-refractivity contribution in [3.63, 3.8) is 0 Å². The monoisotopic (exact) mass is 360 g/mol. The van der Waals surface area contributed by atoms with E-state index < -0.39 is 16.5 Å². The van der Waals surface area contributed by atoms with Crippen LogP contribution < -0.4 is 5.32 Å². The molecule has 0 aliphatic rings. The van der Waals surface area contributed by atoms with Gasteiger partial charge in [0.1, 0.15) is 0 Å². The summed E-state index contributed by atoms with van der Waals surface area (Å²) >= 11 is 0. The number of hydrogen-bond acceptors (Lipinski definition) is 4. The fraction of sp³-hybridized carbons (Fsp3) is 0.933. The predicted molar refractivity (Wildman–Crippen MR) is 92.7 cm³/mol. The van der Waals surface area contributed by atoms with Crippen molar-refractivity contribution in [3.8, 4) is 0 Å². The van der Waals surface area contributed by atoms with E-state index in [1.807, 2.05) is 0 Å². The minimum absolute atomic E-state index is 0. The van der Waals surface area contributed by atoms with Crippen molar-refractivity contribution in [2.45, 2.75) is 84.2 Å². The van der Waals surface area contributed by atoms with Gasteiger partial charge in [0.05, 0.1) is 6.10 Å². The first-order valence-electron chi connectivity index (χ1n) is 8.27. The van der Waals surface area contributed by atoms with Crippen molar-refractivity contribution < 1.29 is 21.9 Å². The number of amides is 1. The third-order valence-corrected chi connectivity index (χ3v) is 3.95. The van der Waals surface area contributed by atoms with Gasteiger partial charge in [-0.1, -0.05) is 58.3 Å². The van der Waals surface area contributed by atoms with Crippen LogP contribution in [0.2, 0.25) is 0 Å². The molecule has 0 aromatic heterocycles. The molecule has 1 unspecified atom stereocenters. The topological polar surface area (TPSA) is 92.7 Å². The summed E-state index contributed by atoms with van der Waals surface area (Å²) in [4.78, 5) is 11.5. The zero-order valence-electron chi connectivity index (χ0n) is 14.8. The van der Waals surface area contributed by atoms with E-state index in [1.165, 1.54) is 45.4 Å². The van der Waals surface area contributed by atoms with Crippen molar-refractivity contribution in [1.29, 1.82) is 0 Å². The van der Waals surface area contributed by atoms with Gasteiger partial charge < -0.3 is 5.32 Å². The van der Waals surface area contributed by atoms with Crippen LogP contribution in [0, 0.1) is 0 Å². The number of carbonyl (C=O) groups is 1. The van der Waals surface area contributed by atoms with Gasteiger partial charge in [0, 0.05) is 42.5 Å². The maximum atomic E-state index is 11.5. The summed E-state index contributed by atoms with van der Waals surface area (Å²) in [5, 5.41) is 2.59. The summed E-state index contributed by atoms with van der Waals surface area (Å²) in [6.07, 6.45) is 10.4. The minimum Gasteiger partial charge on any atom is -0.353 e. The van der Waals surface area contributed by atoms with Crippen molar-refractivity contribution in [2.24, 2.45) is 0 Å². The molecule has 133 valence electrons. The maximum Gasteiger partial charge on any atom is 0.397 e. The molecule has 23 heavy (non-hydrogen) atoms. The van der Waals surface area contributed by atoms with Gasteiger partial charge in [-0.2, -0.15) is 8.42 Å². The fourth-order valence-corrected chi connectivity index (χ4v) is 2.67. The zero-order chi connectivity index (χ0) is 16.8. The Kier molecular flexibility index (Phi) is 17.6. The summed E-state index contributed by atoms with van der Waals surface area (Å²) in [6, 6.07) is 0. The Labute approximate surface area is 163 Å². The molecular formula is C15H31NNaO5S. The van der Waals surface area contributed by atoms with Gasteiger partial charge in [0.15, 0.2) is 0 Å². The van der Waals surface area contributed by atoms with Gasteiger partial charge in [-0.05, 0) is 13.3 Å². The Hall–Kier alpha value is 0.340. The van der Waals surface area contributed by atoms with Gasteiger partial charge in [-0.15, -0.1) is 0 Å². The predicted octanol–water partition coefficient (Wildman–Crippen LogP) is 2.85. The van der Waals surface area contributed by atoms with E-state index in [2.05, 4.69) is 16.4 Å². The second-order valence-corrected chi connectivity index (χ2v) is 6.76. The van der Waals surface area contributed by atoms with Gasteiger partial charge in [-0.3, -0.25) is 9.35 Å². The second kappa shape index (κ2) is 15.8. The summed E-state index contributed by atoms with van der Waals surface area (Å²) in [7, 11) is -4.46. The molecule has 1 atom stereocenters. The number of unbranched alkanes of at least 4 members (excludes halogenated alkanes) is 8. The van der Waals surface area contributed by atoms with Gasteiger partial charge in [-0.25, -0.2) is 4.18 Å². The molecule has 0 bridgehead atoms. The molecule has 1 amide bonds. The van der Waals surface area contributed by atoms with Crippen LogP contribution in [0.5, 0.6) is 0 Å². The Balaban J connectivity index is 0. The van der Waals surface area contributed by atoms with Crippen LogP contribution in [0.15, 0.2) is 0 Å². The van der Waals surface area contributed by atoms with Gasteiger partial charge >= 0.3 is 10.4 Å². The average molecular weight is 360 g/mol. The van der Waals surface area contributed by atoms with Crippen molar-refractivity contribution in [3.05, 3.63) is 0 Å².